The summed E-state index contributed by atoms with van der Waals surface area (Å²) in [7, 11) is 1.59. The maximum absolute atomic E-state index is 11.2. The van der Waals surface area contributed by atoms with Crippen molar-refractivity contribution in [3.05, 3.63) is 58.1 Å². The third-order valence-corrected chi connectivity index (χ3v) is 3.92. The minimum Gasteiger partial charge on any atom is -0.491 e. The van der Waals surface area contributed by atoms with Crippen molar-refractivity contribution in [2.24, 2.45) is 0 Å². The molecule has 0 saturated heterocycles. The number of benzene rings is 2. The number of hydroxylamine groups is 1. The summed E-state index contributed by atoms with van der Waals surface area (Å²) < 4.78 is 16.4. The Hall–Kier alpha value is -2.25. The van der Waals surface area contributed by atoms with Gasteiger partial charge in [0, 0.05) is 30.9 Å². The molecule has 0 heterocycles. The second kappa shape index (κ2) is 10.0. The number of methoxy groups -OCH3 is 1. The zero-order valence-corrected chi connectivity index (χ0v) is 15.4. The molecule has 1 amide bonds. The third-order valence-electron chi connectivity index (χ3n) is 3.18. The van der Waals surface area contributed by atoms with E-state index in [-0.39, 0.29) is 0 Å². The molecule has 0 unspecified atom stereocenters. The Morgan fingerprint density at radius 1 is 1.12 bits per heavy atom. The van der Waals surface area contributed by atoms with E-state index in [1.807, 2.05) is 0 Å². The van der Waals surface area contributed by atoms with Crippen LogP contribution in [0.3, 0.4) is 0 Å². The number of amides is 1. The van der Waals surface area contributed by atoms with Crippen molar-refractivity contribution in [3.63, 3.8) is 0 Å². The Kier molecular flexibility index (Phi) is 7.74. The summed E-state index contributed by atoms with van der Waals surface area (Å²) in [5, 5.41) is 9.36. The molecule has 0 atom stereocenters. The Morgan fingerprint density at radius 3 is 2.58 bits per heavy atom. The van der Waals surface area contributed by atoms with E-state index in [0.29, 0.717) is 46.1 Å². The van der Waals surface area contributed by atoms with Crippen LogP contribution in [0.15, 0.2) is 42.5 Å². The SMILES string of the molecule is COCCOc1ccc(/C=C/C(=O)NO)c(Oc2ccc(Cl)c(Cl)c2)c1. The normalized spacial score (nSPS) is 10.8. The van der Waals surface area contributed by atoms with Gasteiger partial charge in [0.1, 0.15) is 23.9 Å². The minimum absolute atomic E-state index is 0.355. The molecular formula is C18H17Cl2NO5. The van der Waals surface area contributed by atoms with E-state index >= 15 is 0 Å². The first-order valence-electron chi connectivity index (χ1n) is 7.54. The van der Waals surface area contributed by atoms with Crippen LogP contribution in [-0.2, 0) is 9.53 Å². The minimum atomic E-state index is -0.661. The van der Waals surface area contributed by atoms with Gasteiger partial charge in [0.2, 0.25) is 0 Å². The Bertz CT molecular complexity index is 795. The number of nitrogens with one attached hydrogen (secondary N) is 1. The van der Waals surface area contributed by atoms with Gasteiger partial charge in [-0.15, -0.1) is 0 Å². The molecule has 26 heavy (non-hydrogen) atoms. The zero-order chi connectivity index (χ0) is 18.9. The molecule has 0 aromatic heterocycles. The fourth-order valence-corrected chi connectivity index (χ4v) is 2.23. The molecule has 0 fully saturated rings. The van der Waals surface area contributed by atoms with Gasteiger partial charge in [-0.2, -0.15) is 0 Å². The molecule has 0 aliphatic carbocycles. The first-order chi connectivity index (χ1) is 12.5. The third kappa shape index (κ3) is 5.93. The molecule has 0 radical (unpaired) electrons. The van der Waals surface area contributed by atoms with Gasteiger partial charge in [0.15, 0.2) is 0 Å². The van der Waals surface area contributed by atoms with Gasteiger partial charge in [0.25, 0.3) is 5.91 Å². The van der Waals surface area contributed by atoms with Crippen LogP contribution in [0, 0.1) is 0 Å². The van der Waals surface area contributed by atoms with Crippen molar-refractivity contribution in [1.29, 1.82) is 0 Å². The second-order valence-electron chi connectivity index (χ2n) is 5.03. The lowest BCUT2D eigenvalue weighted by molar-refractivity contribution is -0.124. The van der Waals surface area contributed by atoms with Crippen molar-refractivity contribution in [2.75, 3.05) is 20.3 Å². The van der Waals surface area contributed by atoms with Gasteiger partial charge in [0.05, 0.1) is 16.7 Å². The van der Waals surface area contributed by atoms with Crippen LogP contribution < -0.4 is 15.0 Å². The van der Waals surface area contributed by atoms with E-state index in [1.54, 1.807) is 43.5 Å². The average Bonchev–Trinajstić information content (AvgIpc) is 2.64. The van der Waals surface area contributed by atoms with Crippen LogP contribution in [-0.4, -0.2) is 31.4 Å². The molecule has 0 aliphatic heterocycles. The Morgan fingerprint density at radius 2 is 1.88 bits per heavy atom. The van der Waals surface area contributed by atoms with Crippen molar-refractivity contribution in [1.82, 2.24) is 5.48 Å². The summed E-state index contributed by atoms with van der Waals surface area (Å²) in [5.41, 5.74) is 2.12. The van der Waals surface area contributed by atoms with Crippen molar-refractivity contribution in [3.8, 4) is 17.2 Å². The average molecular weight is 398 g/mol. The van der Waals surface area contributed by atoms with E-state index in [2.05, 4.69) is 0 Å². The number of halogens is 2. The fraction of sp³-hybridized carbons (Fsp3) is 0.167. The zero-order valence-electron chi connectivity index (χ0n) is 13.9. The highest BCUT2D eigenvalue weighted by atomic mass is 35.5. The summed E-state index contributed by atoms with van der Waals surface area (Å²) in [4.78, 5) is 11.2. The maximum Gasteiger partial charge on any atom is 0.267 e. The number of rotatable bonds is 8. The van der Waals surface area contributed by atoms with E-state index in [0.717, 1.165) is 0 Å². The van der Waals surface area contributed by atoms with Gasteiger partial charge in [-0.1, -0.05) is 23.2 Å². The van der Waals surface area contributed by atoms with Gasteiger partial charge in [-0.25, -0.2) is 5.48 Å². The topological polar surface area (TPSA) is 77.0 Å². The predicted octanol–water partition coefficient (Wildman–Crippen LogP) is 4.33. The molecule has 8 heteroatoms. The molecule has 0 aliphatic rings. The van der Waals surface area contributed by atoms with Crippen LogP contribution in [0.2, 0.25) is 10.0 Å². The second-order valence-corrected chi connectivity index (χ2v) is 5.84. The highest BCUT2D eigenvalue weighted by Gasteiger charge is 2.08. The monoisotopic (exact) mass is 397 g/mol. The lowest BCUT2D eigenvalue weighted by Gasteiger charge is -2.12. The van der Waals surface area contributed by atoms with E-state index in [4.69, 9.17) is 42.6 Å². The number of ether oxygens (including phenoxy) is 3. The fourth-order valence-electron chi connectivity index (χ4n) is 1.94. The smallest absolute Gasteiger partial charge is 0.267 e. The van der Waals surface area contributed by atoms with E-state index < -0.39 is 5.91 Å². The van der Waals surface area contributed by atoms with Crippen LogP contribution in [0.5, 0.6) is 17.2 Å². The molecule has 2 N–H and O–H groups in total. The summed E-state index contributed by atoms with van der Waals surface area (Å²) in [5.74, 6) is 0.807. The molecule has 2 aromatic carbocycles. The number of hydrogen-bond acceptors (Lipinski definition) is 5. The van der Waals surface area contributed by atoms with Crippen LogP contribution in [0.1, 0.15) is 5.56 Å². The Balaban J connectivity index is 2.30. The van der Waals surface area contributed by atoms with E-state index in [9.17, 15) is 4.79 Å². The quantitative estimate of drug-likeness (QED) is 0.300. The Labute approximate surface area is 160 Å². The molecule has 138 valence electrons. The van der Waals surface area contributed by atoms with Crippen LogP contribution >= 0.6 is 23.2 Å². The largest absolute Gasteiger partial charge is 0.491 e. The molecule has 2 aromatic rings. The first-order valence-corrected chi connectivity index (χ1v) is 8.30. The van der Waals surface area contributed by atoms with Gasteiger partial charge < -0.3 is 14.2 Å². The van der Waals surface area contributed by atoms with Crippen LogP contribution in [0.4, 0.5) is 0 Å². The maximum atomic E-state index is 11.2. The summed E-state index contributed by atoms with van der Waals surface area (Å²) in [6, 6.07) is 9.99. The molecule has 0 saturated carbocycles. The summed E-state index contributed by atoms with van der Waals surface area (Å²) in [6.45, 7) is 0.826. The standard InChI is InChI=1S/C18H17Cl2NO5/c1-24-8-9-25-13-4-2-12(3-7-18(22)21-23)17(11-13)26-14-5-6-15(19)16(20)10-14/h2-7,10-11,23H,8-9H2,1H3,(H,21,22)/b7-3+. The van der Waals surface area contributed by atoms with Crippen molar-refractivity contribution >= 4 is 35.2 Å². The molecule has 6 nitrogen and oxygen atoms in total. The lowest BCUT2D eigenvalue weighted by Crippen LogP contribution is -2.14. The molecular weight excluding hydrogens is 381 g/mol. The number of carbonyl (C=O) groups excluding carboxylic acids is 1. The van der Waals surface area contributed by atoms with Crippen LogP contribution in [0.25, 0.3) is 6.08 Å². The highest BCUT2D eigenvalue weighted by Crippen LogP contribution is 2.33. The number of hydrogen-bond donors (Lipinski definition) is 2. The number of carbonyl (C=O) groups is 1. The molecule has 0 spiro atoms. The van der Waals surface area contributed by atoms with Crippen molar-refractivity contribution < 1.29 is 24.2 Å². The molecule has 0 bridgehead atoms. The van der Waals surface area contributed by atoms with Gasteiger partial charge in [-0.3, -0.25) is 10.0 Å². The summed E-state index contributed by atoms with van der Waals surface area (Å²) in [6.07, 6.45) is 2.67. The predicted molar refractivity (Wildman–Crippen MR) is 99.3 cm³/mol. The highest BCUT2D eigenvalue weighted by molar-refractivity contribution is 6.42. The summed E-state index contributed by atoms with van der Waals surface area (Å²) >= 11 is 11.9. The van der Waals surface area contributed by atoms with Gasteiger partial charge in [-0.05, 0) is 30.3 Å². The molecule has 2 rings (SSSR count). The van der Waals surface area contributed by atoms with Gasteiger partial charge >= 0.3 is 0 Å². The lowest BCUT2D eigenvalue weighted by atomic mass is 10.1. The van der Waals surface area contributed by atoms with E-state index in [1.165, 1.54) is 17.6 Å². The first kappa shape index (κ1) is 20.1. The van der Waals surface area contributed by atoms with Crippen molar-refractivity contribution in [2.45, 2.75) is 0 Å².